The maximum absolute atomic E-state index is 13.4. The number of nitrogens with one attached hydrogen (secondary N) is 1. The Kier molecular flexibility index (Phi) is 6.94. The lowest BCUT2D eigenvalue weighted by molar-refractivity contribution is -0.147. The van der Waals surface area contributed by atoms with E-state index in [0.29, 0.717) is 18.7 Å². The zero-order valence-electron chi connectivity index (χ0n) is 17.4. The zero-order chi connectivity index (χ0) is 22.3. The SMILES string of the molecule is O=C(Nc1ccccc1)C1=C[C@H](c2ccc(F)cc2)C[C@H](OCc2ccc(CO)cc2)O1. The third-order valence-corrected chi connectivity index (χ3v) is 5.25. The number of rotatable bonds is 7. The van der Waals surface area contributed by atoms with E-state index >= 15 is 0 Å². The normalized spacial score (nSPS) is 17.9. The van der Waals surface area contributed by atoms with Gasteiger partial charge in [0.2, 0.25) is 6.29 Å². The number of para-hydroxylation sites is 1. The first-order chi connectivity index (χ1) is 15.6. The Hall–Kier alpha value is -3.48. The molecule has 1 aliphatic rings. The van der Waals surface area contributed by atoms with E-state index in [9.17, 15) is 14.3 Å². The van der Waals surface area contributed by atoms with Crippen molar-refractivity contribution in [3.63, 3.8) is 0 Å². The summed E-state index contributed by atoms with van der Waals surface area (Å²) in [6, 6.07) is 22.8. The van der Waals surface area contributed by atoms with E-state index in [0.717, 1.165) is 16.7 Å². The summed E-state index contributed by atoms with van der Waals surface area (Å²) in [5, 5.41) is 12.0. The highest BCUT2D eigenvalue weighted by molar-refractivity contribution is 6.02. The molecule has 0 aliphatic carbocycles. The fraction of sp³-hybridized carbons (Fsp3) is 0.192. The molecule has 2 atom stereocenters. The highest BCUT2D eigenvalue weighted by Gasteiger charge is 2.29. The van der Waals surface area contributed by atoms with Crippen LogP contribution in [0.1, 0.15) is 29.0 Å². The van der Waals surface area contributed by atoms with Crippen LogP contribution in [0.4, 0.5) is 10.1 Å². The van der Waals surface area contributed by atoms with E-state index in [4.69, 9.17) is 9.47 Å². The predicted octanol–water partition coefficient (Wildman–Crippen LogP) is 4.89. The van der Waals surface area contributed by atoms with Gasteiger partial charge in [-0.15, -0.1) is 0 Å². The Morgan fingerprint density at radius 1 is 1.00 bits per heavy atom. The molecule has 1 heterocycles. The molecule has 0 saturated heterocycles. The molecule has 0 bridgehead atoms. The van der Waals surface area contributed by atoms with Gasteiger partial charge >= 0.3 is 0 Å². The van der Waals surface area contributed by atoms with Crippen molar-refractivity contribution in [2.45, 2.75) is 31.8 Å². The number of aliphatic hydroxyl groups is 1. The quantitative estimate of drug-likeness (QED) is 0.557. The number of benzene rings is 3. The number of allylic oxidation sites excluding steroid dienone is 1. The summed E-state index contributed by atoms with van der Waals surface area (Å²) in [6.45, 7) is 0.275. The molecule has 1 aliphatic heterocycles. The number of aliphatic hydroxyl groups excluding tert-OH is 1. The lowest BCUT2D eigenvalue weighted by Crippen LogP contribution is -2.29. The monoisotopic (exact) mass is 433 g/mol. The van der Waals surface area contributed by atoms with Gasteiger partial charge in [0, 0.05) is 18.0 Å². The first-order valence-corrected chi connectivity index (χ1v) is 10.4. The zero-order valence-corrected chi connectivity index (χ0v) is 17.4. The Morgan fingerprint density at radius 3 is 2.38 bits per heavy atom. The topological polar surface area (TPSA) is 67.8 Å². The van der Waals surface area contributed by atoms with Crippen molar-refractivity contribution in [1.82, 2.24) is 0 Å². The Bertz CT molecular complexity index is 1070. The van der Waals surface area contributed by atoms with Crippen LogP contribution in [0.3, 0.4) is 0 Å². The Morgan fingerprint density at radius 2 is 1.69 bits per heavy atom. The van der Waals surface area contributed by atoms with Crippen LogP contribution in [0.5, 0.6) is 0 Å². The van der Waals surface area contributed by atoms with Gasteiger partial charge in [-0.3, -0.25) is 4.79 Å². The van der Waals surface area contributed by atoms with Crippen LogP contribution in [-0.4, -0.2) is 17.3 Å². The van der Waals surface area contributed by atoms with Gasteiger partial charge in [-0.2, -0.15) is 0 Å². The predicted molar refractivity (Wildman–Crippen MR) is 119 cm³/mol. The summed E-state index contributed by atoms with van der Waals surface area (Å²) in [6.07, 6.45) is 1.59. The smallest absolute Gasteiger partial charge is 0.290 e. The minimum atomic E-state index is -0.649. The maximum atomic E-state index is 13.4. The summed E-state index contributed by atoms with van der Waals surface area (Å²) in [5.41, 5.74) is 3.28. The van der Waals surface area contributed by atoms with Crippen LogP contribution in [0, 0.1) is 5.82 Å². The molecule has 6 heteroatoms. The maximum Gasteiger partial charge on any atom is 0.290 e. The van der Waals surface area contributed by atoms with Crippen molar-refractivity contribution in [2.24, 2.45) is 0 Å². The van der Waals surface area contributed by atoms with Gasteiger partial charge in [0.25, 0.3) is 5.91 Å². The van der Waals surface area contributed by atoms with Gasteiger partial charge in [0.15, 0.2) is 5.76 Å². The molecular weight excluding hydrogens is 409 g/mol. The van der Waals surface area contributed by atoms with E-state index in [1.165, 1.54) is 12.1 Å². The molecule has 1 amide bonds. The van der Waals surface area contributed by atoms with Crippen LogP contribution in [0.2, 0.25) is 0 Å². The number of amides is 1. The van der Waals surface area contributed by atoms with Crippen LogP contribution >= 0.6 is 0 Å². The third-order valence-electron chi connectivity index (χ3n) is 5.25. The van der Waals surface area contributed by atoms with E-state index in [1.54, 1.807) is 30.3 Å². The number of ether oxygens (including phenoxy) is 2. The highest BCUT2D eigenvalue weighted by Crippen LogP contribution is 2.32. The molecule has 4 rings (SSSR count). The van der Waals surface area contributed by atoms with Crippen molar-refractivity contribution in [2.75, 3.05) is 5.32 Å². The Labute approximate surface area is 186 Å². The van der Waals surface area contributed by atoms with Crippen LogP contribution in [-0.2, 0) is 27.5 Å². The standard InChI is InChI=1S/C26H24FNO4/c27-22-12-10-20(11-13-22)21-14-24(26(30)28-23-4-2-1-3-5-23)32-25(15-21)31-17-19-8-6-18(16-29)7-9-19/h1-14,21,25,29H,15-17H2,(H,28,30)/t21-,25+/m0/s1. The molecule has 0 spiro atoms. The lowest BCUT2D eigenvalue weighted by atomic mass is 9.93. The van der Waals surface area contributed by atoms with Gasteiger partial charge in [-0.1, -0.05) is 54.6 Å². The number of carbonyl (C=O) groups is 1. The van der Waals surface area contributed by atoms with Gasteiger partial charge in [-0.05, 0) is 47.0 Å². The molecule has 0 fully saturated rings. The van der Waals surface area contributed by atoms with E-state index in [1.807, 2.05) is 42.5 Å². The molecule has 2 N–H and O–H groups in total. The second kappa shape index (κ2) is 10.2. The van der Waals surface area contributed by atoms with Crippen molar-refractivity contribution in [1.29, 1.82) is 0 Å². The average molecular weight is 433 g/mol. The van der Waals surface area contributed by atoms with Crippen molar-refractivity contribution in [3.05, 3.63) is 113 Å². The largest absolute Gasteiger partial charge is 0.459 e. The van der Waals surface area contributed by atoms with Gasteiger partial charge in [0.05, 0.1) is 13.2 Å². The summed E-state index contributed by atoms with van der Waals surface area (Å²) >= 11 is 0. The molecule has 5 nitrogen and oxygen atoms in total. The van der Waals surface area contributed by atoms with E-state index < -0.39 is 6.29 Å². The van der Waals surface area contributed by atoms with Crippen molar-refractivity contribution in [3.8, 4) is 0 Å². The van der Waals surface area contributed by atoms with Crippen molar-refractivity contribution < 1.29 is 23.8 Å². The average Bonchev–Trinajstić information content (AvgIpc) is 2.84. The lowest BCUT2D eigenvalue weighted by Gasteiger charge is -2.29. The van der Waals surface area contributed by atoms with Crippen LogP contribution in [0.15, 0.2) is 90.7 Å². The molecule has 164 valence electrons. The first kappa shape index (κ1) is 21.7. The summed E-state index contributed by atoms with van der Waals surface area (Å²) < 4.78 is 25.2. The van der Waals surface area contributed by atoms with Crippen molar-refractivity contribution >= 4 is 11.6 Å². The molecule has 0 saturated carbocycles. The summed E-state index contributed by atoms with van der Waals surface area (Å²) in [7, 11) is 0. The first-order valence-electron chi connectivity index (χ1n) is 10.4. The highest BCUT2D eigenvalue weighted by atomic mass is 19.1. The molecule has 3 aromatic rings. The molecule has 0 radical (unpaired) electrons. The molecule has 3 aromatic carbocycles. The van der Waals surface area contributed by atoms with Gasteiger partial charge < -0.3 is 19.9 Å². The Balaban J connectivity index is 1.50. The number of hydrogen-bond acceptors (Lipinski definition) is 4. The fourth-order valence-corrected chi connectivity index (χ4v) is 3.50. The van der Waals surface area contributed by atoms with E-state index in [2.05, 4.69) is 5.32 Å². The summed E-state index contributed by atoms with van der Waals surface area (Å²) in [4.78, 5) is 12.8. The van der Waals surface area contributed by atoms with Gasteiger partial charge in [0.1, 0.15) is 5.82 Å². The molecule has 0 aromatic heterocycles. The summed E-state index contributed by atoms with van der Waals surface area (Å²) in [5.74, 6) is -0.687. The number of anilines is 1. The number of halogens is 1. The number of hydrogen-bond donors (Lipinski definition) is 2. The minimum Gasteiger partial charge on any atom is -0.459 e. The molecular formula is C26H24FNO4. The minimum absolute atomic E-state index is 0.0170. The van der Waals surface area contributed by atoms with Crippen LogP contribution < -0.4 is 5.32 Å². The van der Waals surface area contributed by atoms with Crippen LogP contribution in [0.25, 0.3) is 0 Å². The third kappa shape index (κ3) is 5.60. The van der Waals surface area contributed by atoms with E-state index in [-0.39, 0.29) is 30.0 Å². The number of carbonyl (C=O) groups excluding carboxylic acids is 1. The fourth-order valence-electron chi connectivity index (χ4n) is 3.50. The molecule has 32 heavy (non-hydrogen) atoms. The molecule has 0 unspecified atom stereocenters. The second-order valence-electron chi connectivity index (χ2n) is 7.58. The van der Waals surface area contributed by atoms with Gasteiger partial charge in [-0.25, -0.2) is 4.39 Å². The second-order valence-corrected chi connectivity index (χ2v) is 7.58.